The molecule has 3 fully saturated rings. The monoisotopic (exact) mass is 796 g/mol. The first-order valence-corrected chi connectivity index (χ1v) is 18.6. The van der Waals surface area contributed by atoms with Crippen LogP contribution in [0.1, 0.15) is 69.1 Å². The van der Waals surface area contributed by atoms with Crippen LogP contribution in [0.2, 0.25) is 10.0 Å². The molecular weight excluding hydrogens is 752 g/mol. The molecule has 0 spiro atoms. The predicted molar refractivity (Wildman–Crippen MR) is 200 cm³/mol. The second-order valence-electron chi connectivity index (χ2n) is 14.0. The molecule has 1 amide bonds. The van der Waals surface area contributed by atoms with Gasteiger partial charge in [0, 0.05) is 35.1 Å². The Balaban J connectivity index is 0.000000443. The number of halogens is 4. The summed E-state index contributed by atoms with van der Waals surface area (Å²) in [5.41, 5.74) is 1.33. The first kappa shape index (κ1) is 42.2. The number of hydrogen-bond acceptors (Lipinski definition) is 9. The van der Waals surface area contributed by atoms with Crippen LogP contribution in [0.25, 0.3) is 0 Å². The molecule has 15 heteroatoms. The maximum atomic E-state index is 13.7. The number of likely N-dealkylation sites (N-methyl/N-ethyl adjacent to an activating group) is 1. The smallest absolute Gasteiger partial charge is 0.307 e. The molecule has 3 saturated carbocycles. The van der Waals surface area contributed by atoms with E-state index >= 15 is 0 Å². The Bertz CT molecular complexity index is 1790. The summed E-state index contributed by atoms with van der Waals surface area (Å²) in [5, 5.41) is 6.56. The average molecular weight is 798 g/mol. The minimum absolute atomic E-state index is 0.0182. The van der Waals surface area contributed by atoms with E-state index in [0.29, 0.717) is 24.2 Å². The summed E-state index contributed by atoms with van der Waals surface area (Å²) in [6.45, 7) is 7.51. The quantitative estimate of drug-likeness (QED) is 0.0863. The molecule has 288 valence electrons. The van der Waals surface area contributed by atoms with E-state index in [9.17, 15) is 28.1 Å². The number of ether oxygens (including phenoxy) is 3. The van der Waals surface area contributed by atoms with E-state index in [-0.39, 0.29) is 52.8 Å². The van der Waals surface area contributed by atoms with Crippen molar-refractivity contribution in [2.24, 2.45) is 0 Å². The van der Waals surface area contributed by atoms with Gasteiger partial charge < -0.3 is 34.3 Å². The molecule has 0 radical (unpaired) electrons. The molecule has 6 rings (SSSR count). The zero-order valence-electron chi connectivity index (χ0n) is 30.2. The molecule has 2 atom stereocenters. The van der Waals surface area contributed by atoms with Crippen molar-refractivity contribution >= 4 is 50.4 Å². The topological polar surface area (TPSA) is 132 Å². The van der Waals surface area contributed by atoms with Gasteiger partial charge in [0.15, 0.2) is 12.9 Å². The summed E-state index contributed by atoms with van der Waals surface area (Å²) >= 11 is 11.1. The Morgan fingerprint density at radius 2 is 1.58 bits per heavy atom. The lowest BCUT2D eigenvalue weighted by atomic mass is 9.60. The van der Waals surface area contributed by atoms with Crippen molar-refractivity contribution in [2.75, 3.05) is 20.3 Å². The summed E-state index contributed by atoms with van der Waals surface area (Å²) < 4.78 is 48.5. The van der Waals surface area contributed by atoms with Crippen molar-refractivity contribution in [3.8, 4) is 17.2 Å². The van der Waals surface area contributed by atoms with Crippen molar-refractivity contribution in [1.82, 2.24) is 10.6 Å². The molecule has 0 aliphatic heterocycles. The fraction of sp³-hybridized carbons (Fsp3) is 0.447. The molecule has 0 saturated heterocycles. The van der Waals surface area contributed by atoms with E-state index < -0.39 is 37.7 Å². The van der Waals surface area contributed by atoms with Crippen LogP contribution >= 0.6 is 32.2 Å². The second-order valence-corrected chi connectivity index (χ2v) is 15.2. The van der Waals surface area contributed by atoms with Crippen LogP contribution < -0.4 is 24.6 Å². The standard InChI is InChI=1S/C30H39ClFN2O6P.C8H6ClFO2/c1-18-12-19(2)27(23(13-18)40-41-37)28(3,4)16-26(36)39-24-15-29(8-10-30(24,33-5)11-9-29)34-25(35)17-38-20-6-7-21(31)22(32)14-20;9-7-2-1-6(5-8(7)10)12-4-3-11/h6-7,12-14,24,33,37,41H,8-11,15-17H2,1-5H3,(H,34,35);1-3,5H,4H2. The zero-order valence-corrected chi connectivity index (χ0v) is 32.8. The van der Waals surface area contributed by atoms with Crippen molar-refractivity contribution in [3.63, 3.8) is 0 Å². The Labute approximate surface area is 320 Å². The number of nitrogens with one attached hydrogen (secondary N) is 2. The van der Waals surface area contributed by atoms with Gasteiger partial charge in [-0.1, -0.05) is 43.1 Å². The molecular formula is C38H45Cl2F2N2O8P. The van der Waals surface area contributed by atoms with Crippen LogP contribution in [0.5, 0.6) is 17.2 Å². The van der Waals surface area contributed by atoms with Crippen molar-refractivity contribution in [3.05, 3.63) is 86.9 Å². The van der Waals surface area contributed by atoms with Crippen LogP contribution in [-0.4, -0.2) is 60.5 Å². The number of amides is 1. The summed E-state index contributed by atoms with van der Waals surface area (Å²) in [6.07, 6.45) is 3.70. The van der Waals surface area contributed by atoms with Crippen LogP contribution in [0, 0.1) is 25.5 Å². The van der Waals surface area contributed by atoms with E-state index in [1.165, 1.54) is 24.3 Å². The van der Waals surface area contributed by atoms with E-state index in [1.807, 2.05) is 46.9 Å². The molecule has 2 unspecified atom stereocenters. The van der Waals surface area contributed by atoms with E-state index in [2.05, 4.69) is 10.6 Å². The van der Waals surface area contributed by atoms with Gasteiger partial charge >= 0.3 is 5.97 Å². The first-order valence-electron chi connectivity index (χ1n) is 17.0. The van der Waals surface area contributed by atoms with E-state index in [0.717, 1.165) is 54.5 Å². The van der Waals surface area contributed by atoms with Crippen molar-refractivity contribution < 1.29 is 46.8 Å². The number of fused-ring (bicyclic) bond motifs is 3. The van der Waals surface area contributed by atoms with Gasteiger partial charge in [-0.25, -0.2) is 8.78 Å². The summed E-state index contributed by atoms with van der Waals surface area (Å²) in [7, 11) is 1.18. The minimum atomic E-state index is -0.706. The number of hydrogen-bond donors (Lipinski definition) is 3. The summed E-state index contributed by atoms with van der Waals surface area (Å²) in [6, 6.07) is 11.9. The zero-order chi connectivity index (χ0) is 39.0. The third-order valence-corrected chi connectivity index (χ3v) is 10.7. The summed E-state index contributed by atoms with van der Waals surface area (Å²) in [5.74, 6) is -0.758. The van der Waals surface area contributed by atoms with E-state index in [4.69, 9.17) is 41.9 Å². The maximum Gasteiger partial charge on any atom is 0.307 e. The van der Waals surface area contributed by atoms with Gasteiger partial charge in [0.05, 0.1) is 22.0 Å². The number of aldehydes is 1. The fourth-order valence-electron chi connectivity index (χ4n) is 7.31. The molecule has 3 N–H and O–H groups in total. The number of esters is 1. The largest absolute Gasteiger partial charge is 0.486 e. The lowest BCUT2D eigenvalue weighted by molar-refractivity contribution is -0.165. The Kier molecular flexibility index (Phi) is 14.5. The highest BCUT2D eigenvalue weighted by Gasteiger charge is 2.56. The molecule has 3 aliphatic rings. The first-order chi connectivity index (χ1) is 25.1. The van der Waals surface area contributed by atoms with Crippen molar-refractivity contribution in [2.45, 2.75) is 88.8 Å². The number of carbonyl (C=O) groups is 3. The third kappa shape index (κ3) is 10.8. The van der Waals surface area contributed by atoms with Gasteiger partial charge in [-0.3, -0.25) is 14.4 Å². The van der Waals surface area contributed by atoms with Gasteiger partial charge in [-0.15, -0.1) is 0 Å². The van der Waals surface area contributed by atoms with Crippen LogP contribution in [0.3, 0.4) is 0 Å². The van der Waals surface area contributed by atoms with Crippen LogP contribution in [-0.2, 0) is 24.5 Å². The highest BCUT2D eigenvalue weighted by atomic mass is 35.5. The van der Waals surface area contributed by atoms with E-state index in [1.54, 1.807) is 0 Å². The Morgan fingerprint density at radius 3 is 2.13 bits per heavy atom. The number of aryl methyl sites for hydroxylation is 2. The minimum Gasteiger partial charge on any atom is -0.486 e. The predicted octanol–water partition coefficient (Wildman–Crippen LogP) is 7.48. The second kappa shape index (κ2) is 18.2. The normalized spacial score (nSPS) is 20.7. The Hall–Kier alpha value is -3.54. The molecule has 10 nitrogen and oxygen atoms in total. The number of rotatable bonds is 14. The number of carbonyl (C=O) groups excluding carboxylic acids is 3. The molecule has 3 aromatic rings. The SMILES string of the molecule is CNC12CCC(NC(=O)COc3ccc(Cl)c(F)c3)(CC1)CC2OC(=O)CC(C)(C)c1c(C)cc(C)cc1OPO.O=CCOc1ccc(Cl)c(F)c1. The summed E-state index contributed by atoms with van der Waals surface area (Å²) in [4.78, 5) is 45.6. The molecule has 0 heterocycles. The maximum absolute atomic E-state index is 13.7. The van der Waals surface area contributed by atoms with Gasteiger partial charge in [-0.05, 0) is 88.0 Å². The lowest BCUT2D eigenvalue weighted by Gasteiger charge is -2.57. The average Bonchev–Trinajstić information content (AvgIpc) is 3.09. The fourth-order valence-corrected chi connectivity index (χ4v) is 7.81. The van der Waals surface area contributed by atoms with Crippen LogP contribution in [0.4, 0.5) is 8.78 Å². The van der Waals surface area contributed by atoms with Crippen LogP contribution in [0.15, 0.2) is 48.5 Å². The van der Waals surface area contributed by atoms with Gasteiger partial charge in [-0.2, -0.15) is 0 Å². The van der Waals surface area contributed by atoms with Gasteiger partial charge in [0.1, 0.15) is 41.6 Å². The number of benzene rings is 3. The van der Waals surface area contributed by atoms with Gasteiger partial charge in [0.2, 0.25) is 9.03 Å². The highest BCUT2D eigenvalue weighted by molar-refractivity contribution is 7.25. The van der Waals surface area contributed by atoms with Crippen molar-refractivity contribution in [1.29, 1.82) is 0 Å². The van der Waals surface area contributed by atoms with Gasteiger partial charge in [0.25, 0.3) is 5.91 Å². The lowest BCUT2D eigenvalue weighted by Crippen LogP contribution is -2.69. The highest BCUT2D eigenvalue weighted by Crippen LogP contribution is 2.49. The molecule has 2 bridgehead atoms. The molecule has 3 aromatic carbocycles. The molecule has 53 heavy (non-hydrogen) atoms. The molecule has 3 aliphatic carbocycles. The third-order valence-electron chi connectivity index (χ3n) is 9.80. The Morgan fingerprint density at radius 1 is 0.981 bits per heavy atom. The molecule has 0 aromatic heterocycles.